The van der Waals surface area contributed by atoms with Gasteiger partial charge in [0.25, 0.3) is 0 Å². The summed E-state index contributed by atoms with van der Waals surface area (Å²) in [6.45, 7) is 0. The molecule has 0 atom stereocenters. The van der Waals surface area contributed by atoms with E-state index in [0.29, 0.717) is 16.3 Å². The average Bonchev–Trinajstić information content (AvgIpc) is 2.32. The third kappa shape index (κ3) is 3.89. The van der Waals surface area contributed by atoms with Gasteiger partial charge in [0.2, 0.25) is 0 Å². The molecular weight excluding hydrogens is 502 g/mol. The molecule has 0 aromatic heterocycles. The highest BCUT2D eigenvalue weighted by molar-refractivity contribution is 9.24. The summed E-state index contributed by atoms with van der Waals surface area (Å²) >= 11 is 21.7. The minimum Gasteiger partial charge on any atom is -0.453 e. The molecule has 0 spiro atoms. The third-order valence-corrected chi connectivity index (χ3v) is 4.33. The van der Waals surface area contributed by atoms with Gasteiger partial charge >= 0.3 is 0 Å². The van der Waals surface area contributed by atoms with Crippen molar-refractivity contribution in [3.05, 3.63) is 56.2 Å². The highest BCUT2D eigenvalue weighted by Gasteiger charge is 2.18. The van der Waals surface area contributed by atoms with Crippen LogP contribution in [0.5, 0.6) is 11.5 Å². The molecule has 0 fully saturated rings. The van der Waals surface area contributed by atoms with E-state index < -0.39 is 5.82 Å². The van der Waals surface area contributed by atoms with Crippen LogP contribution in [-0.2, 0) is 0 Å². The van der Waals surface area contributed by atoms with E-state index in [1.807, 2.05) is 0 Å². The number of halogens is 6. The fraction of sp³-hybridized carbons (Fsp3) is 0.0769. The Hall–Kier alpha value is 0.190. The molecule has 2 aromatic carbocycles. The summed E-state index contributed by atoms with van der Waals surface area (Å²) in [5.74, 6) is -0.183. The Morgan fingerprint density at radius 1 is 1.10 bits per heavy atom. The Bertz CT molecular complexity index is 630. The van der Waals surface area contributed by atoms with Crippen LogP contribution in [0.4, 0.5) is 4.39 Å². The second-order valence-electron chi connectivity index (χ2n) is 3.79. The number of hydrogen-bond donors (Lipinski definition) is 0. The maximum absolute atomic E-state index is 14.4. The number of ether oxygens (including phenoxy) is 1. The van der Waals surface area contributed by atoms with Gasteiger partial charge < -0.3 is 4.74 Å². The third-order valence-electron chi connectivity index (χ3n) is 2.37. The van der Waals surface area contributed by atoms with Crippen LogP contribution in [0.2, 0.25) is 10.0 Å². The SMILES string of the molecule is Fc1c(C(Br)Br)ccc(Cl)c1Oc1cc(Cl)cc(Br)c1. The molecule has 0 saturated carbocycles. The van der Waals surface area contributed by atoms with E-state index in [0.717, 1.165) is 4.47 Å². The molecule has 7 heteroatoms. The van der Waals surface area contributed by atoms with E-state index in [9.17, 15) is 4.39 Å². The van der Waals surface area contributed by atoms with Gasteiger partial charge in [0, 0.05) is 15.1 Å². The minimum atomic E-state index is -0.535. The van der Waals surface area contributed by atoms with Gasteiger partial charge in [0.05, 0.1) is 8.76 Å². The summed E-state index contributed by atoms with van der Waals surface area (Å²) < 4.78 is 20.3. The normalized spacial score (nSPS) is 10.9. The van der Waals surface area contributed by atoms with Crippen molar-refractivity contribution in [1.29, 1.82) is 0 Å². The van der Waals surface area contributed by atoms with Gasteiger partial charge in [-0.25, -0.2) is 4.39 Å². The van der Waals surface area contributed by atoms with Gasteiger partial charge in [-0.05, 0) is 24.3 Å². The van der Waals surface area contributed by atoms with E-state index in [1.54, 1.807) is 30.3 Å². The van der Waals surface area contributed by atoms with E-state index in [4.69, 9.17) is 27.9 Å². The quantitative estimate of drug-likeness (QED) is 0.391. The van der Waals surface area contributed by atoms with Crippen LogP contribution < -0.4 is 4.74 Å². The van der Waals surface area contributed by atoms with Crippen LogP contribution in [0.15, 0.2) is 34.8 Å². The molecule has 0 radical (unpaired) electrons. The standard InChI is InChI=1S/C13H6Br3Cl2FO/c14-6-3-7(17)5-8(4-6)20-12-10(18)2-1-9(11(12)19)13(15)16/h1-5,13H. The van der Waals surface area contributed by atoms with Gasteiger partial charge in [-0.2, -0.15) is 0 Å². The summed E-state index contributed by atoms with van der Waals surface area (Å²) in [7, 11) is 0. The summed E-state index contributed by atoms with van der Waals surface area (Å²) in [6, 6.07) is 8.11. The van der Waals surface area contributed by atoms with Crippen molar-refractivity contribution in [2.75, 3.05) is 0 Å². The first-order valence-electron chi connectivity index (χ1n) is 5.28. The molecule has 0 heterocycles. The summed E-state index contributed by atoms with van der Waals surface area (Å²) in [4.78, 5) is 0. The van der Waals surface area contributed by atoms with Crippen LogP contribution in [-0.4, -0.2) is 0 Å². The van der Waals surface area contributed by atoms with Crippen LogP contribution in [0.3, 0.4) is 0 Å². The van der Waals surface area contributed by atoms with Crippen LogP contribution >= 0.6 is 71.0 Å². The lowest BCUT2D eigenvalue weighted by molar-refractivity contribution is 0.440. The van der Waals surface area contributed by atoms with E-state index in [2.05, 4.69) is 47.8 Å². The first kappa shape index (κ1) is 16.6. The Morgan fingerprint density at radius 3 is 2.40 bits per heavy atom. The number of hydrogen-bond acceptors (Lipinski definition) is 1. The van der Waals surface area contributed by atoms with E-state index in [1.165, 1.54) is 0 Å². The number of benzene rings is 2. The number of alkyl halides is 2. The zero-order chi connectivity index (χ0) is 14.9. The van der Waals surface area contributed by atoms with Crippen molar-refractivity contribution < 1.29 is 9.13 Å². The lowest BCUT2D eigenvalue weighted by Crippen LogP contribution is -1.95. The Kier molecular flexibility index (Phi) is 5.77. The molecule has 106 valence electrons. The molecule has 2 aromatic rings. The van der Waals surface area contributed by atoms with E-state index >= 15 is 0 Å². The predicted molar refractivity (Wildman–Crippen MR) is 91.2 cm³/mol. The van der Waals surface area contributed by atoms with Crippen LogP contribution in [0.1, 0.15) is 9.30 Å². The smallest absolute Gasteiger partial charge is 0.181 e. The molecular formula is C13H6Br3Cl2FO. The molecule has 0 N–H and O–H groups in total. The van der Waals surface area contributed by atoms with Crippen molar-refractivity contribution in [1.82, 2.24) is 0 Å². The molecule has 2 rings (SSSR count). The largest absolute Gasteiger partial charge is 0.453 e. The summed E-state index contributed by atoms with van der Waals surface area (Å²) in [6.07, 6.45) is 0. The summed E-state index contributed by atoms with van der Waals surface area (Å²) in [5.41, 5.74) is 0.394. The molecule has 0 amide bonds. The maximum Gasteiger partial charge on any atom is 0.181 e. The van der Waals surface area contributed by atoms with Crippen molar-refractivity contribution in [3.8, 4) is 11.5 Å². The van der Waals surface area contributed by atoms with Crippen molar-refractivity contribution in [2.24, 2.45) is 0 Å². The maximum atomic E-state index is 14.4. The Labute approximate surface area is 150 Å². The van der Waals surface area contributed by atoms with Gasteiger partial charge in [-0.15, -0.1) is 0 Å². The molecule has 0 aliphatic heterocycles. The second-order valence-corrected chi connectivity index (χ2v) is 8.61. The Morgan fingerprint density at radius 2 is 1.80 bits per heavy atom. The average molecular weight is 508 g/mol. The lowest BCUT2D eigenvalue weighted by atomic mass is 10.2. The topological polar surface area (TPSA) is 9.23 Å². The van der Waals surface area contributed by atoms with Gasteiger partial charge in [-0.3, -0.25) is 0 Å². The molecule has 0 unspecified atom stereocenters. The first-order valence-corrected chi connectivity index (χ1v) is 8.66. The van der Waals surface area contributed by atoms with Gasteiger partial charge in [-0.1, -0.05) is 77.1 Å². The molecule has 0 bridgehead atoms. The number of rotatable bonds is 3. The second kappa shape index (κ2) is 6.97. The molecule has 1 nitrogen and oxygen atoms in total. The molecule has 20 heavy (non-hydrogen) atoms. The predicted octanol–water partition coefficient (Wildman–Crippen LogP) is 7.48. The fourth-order valence-corrected chi connectivity index (χ4v) is 3.24. The minimum absolute atomic E-state index is 0.0396. The van der Waals surface area contributed by atoms with E-state index in [-0.39, 0.29) is 14.5 Å². The zero-order valence-corrected chi connectivity index (χ0v) is 15.9. The van der Waals surface area contributed by atoms with Gasteiger partial charge in [0.1, 0.15) is 5.75 Å². The molecule has 0 aliphatic rings. The van der Waals surface area contributed by atoms with Crippen LogP contribution in [0, 0.1) is 5.82 Å². The highest BCUT2D eigenvalue weighted by atomic mass is 79.9. The first-order chi connectivity index (χ1) is 9.38. The fourth-order valence-electron chi connectivity index (χ4n) is 1.52. The van der Waals surface area contributed by atoms with Crippen molar-refractivity contribution >= 4 is 71.0 Å². The molecule has 0 saturated heterocycles. The summed E-state index contributed by atoms with van der Waals surface area (Å²) in [5, 5.41) is 0.656. The highest BCUT2D eigenvalue weighted by Crippen LogP contribution is 2.40. The Balaban J connectivity index is 2.45. The van der Waals surface area contributed by atoms with Crippen molar-refractivity contribution in [3.63, 3.8) is 0 Å². The zero-order valence-electron chi connectivity index (χ0n) is 9.64. The monoisotopic (exact) mass is 504 g/mol. The van der Waals surface area contributed by atoms with Gasteiger partial charge in [0.15, 0.2) is 11.6 Å². The van der Waals surface area contributed by atoms with Crippen LogP contribution in [0.25, 0.3) is 0 Å². The lowest BCUT2D eigenvalue weighted by Gasteiger charge is -2.13. The van der Waals surface area contributed by atoms with Crippen molar-refractivity contribution in [2.45, 2.75) is 3.74 Å². The molecule has 0 aliphatic carbocycles.